The summed E-state index contributed by atoms with van der Waals surface area (Å²) < 4.78 is 5.13. The highest BCUT2D eigenvalue weighted by Gasteiger charge is 2.36. The molecule has 132 valence electrons. The predicted octanol–water partition coefficient (Wildman–Crippen LogP) is 4.26. The number of anilines is 2. The number of rotatable bonds is 5. The molecular formula is C19H21ClN2O3. The fraction of sp³-hybridized carbons (Fsp3) is 0.263. The molecule has 2 aromatic carbocycles. The largest absolute Gasteiger partial charge is 0.497 e. The number of benzene rings is 2. The summed E-state index contributed by atoms with van der Waals surface area (Å²) in [4.78, 5) is 25.2. The van der Waals surface area contributed by atoms with E-state index in [0.29, 0.717) is 22.1 Å². The van der Waals surface area contributed by atoms with Crippen LogP contribution in [0.25, 0.3) is 0 Å². The van der Waals surface area contributed by atoms with Crippen LogP contribution in [-0.2, 0) is 9.59 Å². The Morgan fingerprint density at radius 2 is 1.68 bits per heavy atom. The number of hydrogen-bond acceptors (Lipinski definition) is 3. The van der Waals surface area contributed by atoms with Crippen molar-refractivity contribution in [2.45, 2.75) is 20.8 Å². The summed E-state index contributed by atoms with van der Waals surface area (Å²) in [6.07, 6.45) is 0. The molecule has 0 radical (unpaired) electrons. The highest BCUT2D eigenvalue weighted by atomic mass is 35.5. The first-order chi connectivity index (χ1) is 11.8. The molecular weight excluding hydrogens is 340 g/mol. The van der Waals surface area contributed by atoms with Gasteiger partial charge in [0.05, 0.1) is 7.11 Å². The zero-order valence-corrected chi connectivity index (χ0v) is 15.4. The van der Waals surface area contributed by atoms with Gasteiger partial charge < -0.3 is 15.4 Å². The maximum Gasteiger partial charge on any atom is 0.239 e. The average molecular weight is 361 g/mol. The van der Waals surface area contributed by atoms with Crippen molar-refractivity contribution >= 4 is 34.8 Å². The maximum absolute atomic E-state index is 12.6. The smallest absolute Gasteiger partial charge is 0.239 e. The van der Waals surface area contributed by atoms with Gasteiger partial charge in [0.2, 0.25) is 11.8 Å². The highest BCUT2D eigenvalue weighted by Crippen LogP contribution is 2.27. The quantitative estimate of drug-likeness (QED) is 0.783. The normalized spacial score (nSPS) is 10.9. The van der Waals surface area contributed by atoms with E-state index >= 15 is 0 Å². The van der Waals surface area contributed by atoms with Gasteiger partial charge in [-0.1, -0.05) is 23.7 Å². The van der Waals surface area contributed by atoms with Gasteiger partial charge in [0.15, 0.2) is 0 Å². The van der Waals surface area contributed by atoms with E-state index in [1.54, 1.807) is 70.3 Å². The van der Waals surface area contributed by atoms with Gasteiger partial charge in [0.25, 0.3) is 0 Å². The van der Waals surface area contributed by atoms with Crippen LogP contribution in [0.15, 0.2) is 42.5 Å². The van der Waals surface area contributed by atoms with Gasteiger partial charge in [-0.05, 0) is 50.6 Å². The summed E-state index contributed by atoms with van der Waals surface area (Å²) in [6.45, 7) is 4.94. The highest BCUT2D eigenvalue weighted by molar-refractivity contribution is 6.31. The number of amides is 2. The van der Waals surface area contributed by atoms with Crippen LogP contribution in [0.1, 0.15) is 19.4 Å². The van der Waals surface area contributed by atoms with E-state index in [9.17, 15) is 9.59 Å². The lowest BCUT2D eigenvalue weighted by Crippen LogP contribution is -2.41. The zero-order chi connectivity index (χ0) is 18.6. The van der Waals surface area contributed by atoms with Crippen molar-refractivity contribution < 1.29 is 14.3 Å². The summed E-state index contributed by atoms with van der Waals surface area (Å²) >= 11 is 6.07. The Morgan fingerprint density at radius 3 is 2.36 bits per heavy atom. The number of hydrogen-bond donors (Lipinski definition) is 2. The molecule has 0 fully saturated rings. The Kier molecular flexibility index (Phi) is 5.69. The van der Waals surface area contributed by atoms with Crippen LogP contribution in [0.5, 0.6) is 5.75 Å². The minimum atomic E-state index is -1.28. The second-order valence-electron chi connectivity index (χ2n) is 6.18. The topological polar surface area (TPSA) is 67.4 Å². The van der Waals surface area contributed by atoms with Gasteiger partial charge >= 0.3 is 0 Å². The molecule has 25 heavy (non-hydrogen) atoms. The third kappa shape index (κ3) is 4.31. The maximum atomic E-state index is 12.6. The van der Waals surface area contributed by atoms with Crippen LogP contribution in [0.2, 0.25) is 5.02 Å². The Balaban J connectivity index is 2.14. The molecule has 0 aliphatic carbocycles. The average Bonchev–Trinajstić information content (AvgIpc) is 2.59. The molecule has 0 bridgehead atoms. The number of halogens is 1. The molecule has 0 aliphatic rings. The molecule has 0 atom stereocenters. The van der Waals surface area contributed by atoms with Gasteiger partial charge in [-0.2, -0.15) is 0 Å². The minimum absolute atomic E-state index is 0.418. The molecule has 2 aromatic rings. The van der Waals surface area contributed by atoms with E-state index in [2.05, 4.69) is 10.6 Å². The number of methoxy groups -OCH3 is 1. The summed E-state index contributed by atoms with van der Waals surface area (Å²) in [5, 5.41) is 6.07. The summed E-state index contributed by atoms with van der Waals surface area (Å²) in [5.74, 6) is -0.217. The standard InChI is InChI=1S/C19H21ClN2O3/c1-12-15(20)9-6-10-16(12)22-18(24)19(2,3)17(23)21-13-7-5-8-14(11-13)25-4/h5-11H,1-4H3,(H,21,23)(H,22,24). The van der Waals surface area contributed by atoms with E-state index < -0.39 is 17.2 Å². The second kappa shape index (κ2) is 7.57. The zero-order valence-electron chi connectivity index (χ0n) is 14.6. The van der Waals surface area contributed by atoms with E-state index in [-0.39, 0.29) is 0 Å². The van der Waals surface area contributed by atoms with E-state index in [1.165, 1.54) is 0 Å². The molecule has 0 aromatic heterocycles. The monoisotopic (exact) mass is 360 g/mol. The first-order valence-electron chi connectivity index (χ1n) is 7.77. The Labute approximate surface area is 152 Å². The predicted molar refractivity (Wildman–Crippen MR) is 100 cm³/mol. The molecule has 0 saturated carbocycles. The third-order valence-electron chi connectivity index (χ3n) is 3.98. The van der Waals surface area contributed by atoms with Gasteiger partial charge in [0, 0.05) is 22.5 Å². The molecule has 0 aliphatic heterocycles. The van der Waals surface area contributed by atoms with E-state index in [4.69, 9.17) is 16.3 Å². The van der Waals surface area contributed by atoms with Crippen LogP contribution in [0.3, 0.4) is 0 Å². The van der Waals surface area contributed by atoms with Gasteiger partial charge in [-0.15, -0.1) is 0 Å². The molecule has 5 nitrogen and oxygen atoms in total. The first kappa shape index (κ1) is 18.8. The molecule has 2 N–H and O–H groups in total. The van der Waals surface area contributed by atoms with Crippen LogP contribution >= 0.6 is 11.6 Å². The van der Waals surface area contributed by atoms with Crippen LogP contribution in [-0.4, -0.2) is 18.9 Å². The van der Waals surface area contributed by atoms with Gasteiger partial charge in [0.1, 0.15) is 11.2 Å². The summed E-state index contributed by atoms with van der Waals surface area (Å²) in [7, 11) is 1.55. The molecule has 6 heteroatoms. The molecule has 0 saturated heterocycles. The van der Waals surface area contributed by atoms with Crippen molar-refractivity contribution in [3.63, 3.8) is 0 Å². The summed E-state index contributed by atoms with van der Waals surface area (Å²) in [6, 6.07) is 12.2. The number of carbonyl (C=O) groups excluding carboxylic acids is 2. The second-order valence-corrected chi connectivity index (χ2v) is 6.58. The van der Waals surface area contributed by atoms with Crippen molar-refractivity contribution in [2.24, 2.45) is 5.41 Å². The lowest BCUT2D eigenvalue weighted by molar-refractivity contribution is -0.135. The number of nitrogens with one attached hydrogen (secondary N) is 2. The lowest BCUT2D eigenvalue weighted by Gasteiger charge is -2.23. The van der Waals surface area contributed by atoms with E-state index in [0.717, 1.165) is 5.56 Å². The van der Waals surface area contributed by atoms with Crippen molar-refractivity contribution in [1.82, 2.24) is 0 Å². The minimum Gasteiger partial charge on any atom is -0.497 e. The lowest BCUT2D eigenvalue weighted by atomic mass is 9.90. The molecule has 0 unspecified atom stereocenters. The van der Waals surface area contributed by atoms with Crippen molar-refractivity contribution in [2.75, 3.05) is 17.7 Å². The Bertz CT molecular complexity index is 803. The number of carbonyl (C=O) groups is 2. The fourth-order valence-corrected chi connectivity index (χ4v) is 2.29. The molecule has 2 amide bonds. The Morgan fingerprint density at radius 1 is 1.04 bits per heavy atom. The fourth-order valence-electron chi connectivity index (χ4n) is 2.11. The van der Waals surface area contributed by atoms with Gasteiger partial charge in [-0.3, -0.25) is 9.59 Å². The third-order valence-corrected chi connectivity index (χ3v) is 4.39. The van der Waals surface area contributed by atoms with Crippen LogP contribution in [0.4, 0.5) is 11.4 Å². The van der Waals surface area contributed by atoms with Crippen LogP contribution < -0.4 is 15.4 Å². The number of ether oxygens (including phenoxy) is 1. The Hall–Kier alpha value is -2.53. The first-order valence-corrected chi connectivity index (χ1v) is 8.15. The van der Waals surface area contributed by atoms with Crippen molar-refractivity contribution in [1.29, 1.82) is 0 Å². The molecule has 0 heterocycles. The van der Waals surface area contributed by atoms with Crippen molar-refractivity contribution in [3.8, 4) is 5.75 Å². The van der Waals surface area contributed by atoms with Crippen LogP contribution in [0, 0.1) is 12.3 Å². The SMILES string of the molecule is COc1cccc(NC(=O)C(C)(C)C(=O)Nc2cccc(Cl)c2C)c1. The molecule has 2 rings (SSSR count). The van der Waals surface area contributed by atoms with Crippen molar-refractivity contribution in [3.05, 3.63) is 53.1 Å². The molecule has 0 spiro atoms. The van der Waals surface area contributed by atoms with Gasteiger partial charge in [-0.25, -0.2) is 0 Å². The van der Waals surface area contributed by atoms with E-state index in [1.807, 2.05) is 0 Å². The summed E-state index contributed by atoms with van der Waals surface area (Å²) in [5.41, 5.74) is 0.614.